The SMILES string of the molecule is COCC(=O)NC1CCN(C(=O)[C@H](N)C(C)C)CC1. The number of piperidine rings is 1. The fourth-order valence-electron chi connectivity index (χ4n) is 2.14. The first-order valence-electron chi connectivity index (χ1n) is 6.78. The highest BCUT2D eigenvalue weighted by atomic mass is 16.5. The van der Waals surface area contributed by atoms with E-state index < -0.39 is 6.04 Å². The van der Waals surface area contributed by atoms with Gasteiger partial charge in [-0.15, -0.1) is 0 Å². The highest BCUT2D eigenvalue weighted by molar-refractivity contribution is 5.82. The number of carbonyl (C=O) groups excluding carboxylic acids is 2. The molecular weight excluding hydrogens is 246 g/mol. The summed E-state index contributed by atoms with van der Waals surface area (Å²) in [6.07, 6.45) is 1.54. The Balaban J connectivity index is 2.36. The summed E-state index contributed by atoms with van der Waals surface area (Å²) in [6.45, 7) is 5.27. The van der Waals surface area contributed by atoms with Crippen LogP contribution in [0.5, 0.6) is 0 Å². The quantitative estimate of drug-likeness (QED) is 0.720. The van der Waals surface area contributed by atoms with Crippen LogP contribution in [0.25, 0.3) is 0 Å². The Hall–Kier alpha value is -1.14. The van der Waals surface area contributed by atoms with Crippen LogP contribution >= 0.6 is 0 Å². The van der Waals surface area contributed by atoms with Crippen molar-refractivity contribution in [3.8, 4) is 0 Å². The molecule has 0 bridgehead atoms. The van der Waals surface area contributed by atoms with Crippen LogP contribution in [0.2, 0.25) is 0 Å². The van der Waals surface area contributed by atoms with Crippen molar-refractivity contribution < 1.29 is 14.3 Å². The van der Waals surface area contributed by atoms with Crippen LogP contribution in [-0.2, 0) is 14.3 Å². The summed E-state index contributed by atoms with van der Waals surface area (Å²) in [5, 5.41) is 2.90. The summed E-state index contributed by atoms with van der Waals surface area (Å²) in [7, 11) is 1.49. The van der Waals surface area contributed by atoms with E-state index in [1.807, 2.05) is 13.8 Å². The van der Waals surface area contributed by atoms with Crippen molar-refractivity contribution in [3.63, 3.8) is 0 Å². The van der Waals surface area contributed by atoms with E-state index in [-0.39, 0.29) is 30.4 Å². The third-order valence-electron chi connectivity index (χ3n) is 3.45. The van der Waals surface area contributed by atoms with E-state index in [0.29, 0.717) is 13.1 Å². The second kappa shape index (κ2) is 7.45. The lowest BCUT2D eigenvalue weighted by Gasteiger charge is -2.34. The first kappa shape index (κ1) is 15.9. The van der Waals surface area contributed by atoms with Gasteiger partial charge in [-0.3, -0.25) is 9.59 Å². The molecule has 1 rings (SSSR count). The molecule has 1 fully saturated rings. The Labute approximate surface area is 114 Å². The number of amides is 2. The fraction of sp³-hybridized carbons (Fsp3) is 0.846. The molecule has 0 aliphatic carbocycles. The monoisotopic (exact) mass is 271 g/mol. The predicted molar refractivity (Wildman–Crippen MR) is 72.4 cm³/mol. The second-order valence-corrected chi connectivity index (χ2v) is 5.37. The molecule has 6 nitrogen and oxygen atoms in total. The van der Waals surface area contributed by atoms with E-state index in [1.54, 1.807) is 4.90 Å². The van der Waals surface area contributed by atoms with Crippen molar-refractivity contribution in [2.45, 2.75) is 38.8 Å². The number of hydrogen-bond acceptors (Lipinski definition) is 4. The van der Waals surface area contributed by atoms with Crippen molar-refractivity contribution in [2.24, 2.45) is 11.7 Å². The Morgan fingerprint density at radius 1 is 1.37 bits per heavy atom. The number of methoxy groups -OCH3 is 1. The van der Waals surface area contributed by atoms with E-state index in [1.165, 1.54) is 7.11 Å². The average molecular weight is 271 g/mol. The number of hydrogen-bond donors (Lipinski definition) is 2. The molecule has 19 heavy (non-hydrogen) atoms. The van der Waals surface area contributed by atoms with Gasteiger partial charge in [0.1, 0.15) is 6.61 Å². The van der Waals surface area contributed by atoms with Gasteiger partial charge in [-0.2, -0.15) is 0 Å². The smallest absolute Gasteiger partial charge is 0.246 e. The summed E-state index contributed by atoms with van der Waals surface area (Å²) < 4.78 is 4.77. The van der Waals surface area contributed by atoms with Crippen molar-refractivity contribution >= 4 is 11.8 Å². The maximum atomic E-state index is 12.1. The lowest BCUT2D eigenvalue weighted by atomic mass is 10.0. The average Bonchev–Trinajstić information content (AvgIpc) is 2.38. The maximum absolute atomic E-state index is 12.1. The Bertz CT molecular complexity index is 312. The fourth-order valence-corrected chi connectivity index (χ4v) is 2.14. The molecule has 1 atom stereocenters. The van der Waals surface area contributed by atoms with Crippen molar-refractivity contribution in [1.82, 2.24) is 10.2 Å². The molecule has 0 unspecified atom stereocenters. The van der Waals surface area contributed by atoms with Gasteiger partial charge in [0.15, 0.2) is 0 Å². The largest absolute Gasteiger partial charge is 0.375 e. The Kier molecular flexibility index (Phi) is 6.24. The van der Waals surface area contributed by atoms with E-state index in [0.717, 1.165) is 12.8 Å². The summed E-state index contributed by atoms with van der Waals surface area (Å²) in [4.78, 5) is 25.2. The summed E-state index contributed by atoms with van der Waals surface area (Å²) in [5.41, 5.74) is 5.87. The highest BCUT2D eigenvalue weighted by Gasteiger charge is 2.28. The third kappa shape index (κ3) is 4.80. The molecule has 0 aromatic carbocycles. The zero-order valence-electron chi connectivity index (χ0n) is 12.0. The van der Waals surface area contributed by atoms with Crippen molar-refractivity contribution in [3.05, 3.63) is 0 Å². The van der Waals surface area contributed by atoms with Gasteiger partial charge in [-0.25, -0.2) is 0 Å². The van der Waals surface area contributed by atoms with Crippen molar-refractivity contribution in [2.75, 3.05) is 26.8 Å². The van der Waals surface area contributed by atoms with Crippen molar-refractivity contribution in [1.29, 1.82) is 0 Å². The molecular formula is C13H25N3O3. The lowest BCUT2D eigenvalue weighted by Crippen LogP contribution is -2.52. The third-order valence-corrected chi connectivity index (χ3v) is 3.45. The van der Waals surface area contributed by atoms with E-state index >= 15 is 0 Å². The molecule has 0 saturated carbocycles. The van der Waals surface area contributed by atoms with Crippen LogP contribution in [0.4, 0.5) is 0 Å². The maximum Gasteiger partial charge on any atom is 0.246 e. The normalized spacial score (nSPS) is 18.5. The number of nitrogens with two attached hydrogens (primary N) is 1. The topological polar surface area (TPSA) is 84.7 Å². The minimum atomic E-state index is -0.431. The van der Waals surface area contributed by atoms with Gasteiger partial charge in [-0.1, -0.05) is 13.8 Å². The molecule has 1 heterocycles. The zero-order valence-corrected chi connectivity index (χ0v) is 12.0. The molecule has 0 radical (unpaired) electrons. The Morgan fingerprint density at radius 2 is 1.95 bits per heavy atom. The number of carbonyl (C=O) groups is 2. The standard InChI is InChI=1S/C13H25N3O3/c1-9(2)12(14)13(18)16-6-4-10(5-7-16)15-11(17)8-19-3/h9-10,12H,4-8,14H2,1-3H3,(H,15,17)/t12-/m1/s1. The molecule has 110 valence electrons. The Morgan fingerprint density at radius 3 is 2.42 bits per heavy atom. The van der Waals surface area contributed by atoms with Gasteiger partial charge in [0.25, 0.3) is 0 Å². The highest BCUT2D eigenvalue weighted by Crippen LogP contribution is 2.13. The van der Waals surface area contributed by atoms with E-state index in [9.17, 15) is 9.59 Å². The summed E-state index contributed by atoms with van der Waals surface area (Å²) in [6, 6.07) is -0.304. The first-order valence-corrected chi connectivity index (χ1v) is 6.78. The second-order valence-electron chi connectivity index (χ2n) is 5.37. The van der Waals surface area contributed by atoms with Gasteiger partial charge < -0.3 is 20.7 Å². The number of nitrogens with one attached hydrogen (secondary N) is 1. The molecule has 1 aliphatic rings. The van der Waals surface area contributed by atoms with Gasteiger partial charge in [0, 0.05) is 26.2 Å². The molecule has 3 N–H and O–H groups in total. The predicted octanol–water partition coefficient (Wildman–Crippen LogP) is -0.277. The van der Waals surface area contributed by atoms with Gasteiger partial charge >= 0.3 is 0 Å². The number of nitrogens with zero attached hydrogens (tertiary/aromatic N) is 1. The van der Waals surface area contributed by atoms with Crippen LogP contribution in [0.15, 0.2) is 0 Å². The molecule has 6 heteroatoms. The molecule has 2 amide bonds. The number of likely N-dealkylation sites (tertiary alicyclic amines) is 1. The minimum Gasteiger partial charge on any atom is -0.375 e. The summed E-state index contributed by atoms with van der Waals surface area (Å²) >= 11 is 0. The van der Waals surface area contributed by atoms with Gasteiger partial charge in [0.2, 0.25) is 11.8 Å². The molecule has 0 aromatic heterocycles. The minimum absolute atomic E-state index is 0.0108. The van der Waals surface area contributed by atoms with Crippen LogP contribution < -0.4 is 11.1 Å². The van der Waals surface area contributed by atoms with Gasteiger partial charge in [0.05, 0.1) is 6.04 Å². The van der Waals surface area contributed by atoms with Crippen LogP contribution in [0.3, 0.4) is 0 Å². The van der Waals surface area contributed by atoms with E-state index in [2.05, 4.69) is 5.32 Å². The molecule has 0 spiro atoms. The molecule has 0 aromatic rings. The van der Waals surface area contributed by atoms with E-state index in [4.69, 9.17) is 10.5 Å². The van der Waals surface area contributed by atoms with Crippen LogP contribution in [0.1, 0.15) is 26.7 Å². The molecule has 1 saturated heterocycles. The number of ether oxygens (including phenoxy) is 1. The lowest BCUT2D eigenvalue weighted by molar-refractivity contribution is -0.134. The zero-order chi connectivity index (χ0) is 14.4. The first-order chi connectivity index (χ1) is 8.95. The van der Waals surface area contributed by atoms with Gasteiger partial charge in [-0.05, 0) is 18.8 Å². The number of rotatable bonds is 5. The van der Waals surface area contributed by atoms with Crippen LogP contribution in [-0.4, -0.2) is 55.6 Å². The summed E-state index contributed by atoms with van der Waals surface area (Å²) in [5.74, 6) is 0.0504. The van der Waals surface area contributed by atoms with Crippen LogP contribution in [0, 0.1) is 5.92 Å². The molecule has 1 aliphatic heterocycles.